The van der Waals surface area contributed by atoms with Crippen molar-refractivity contribution in [3.05, 3.63) is 35.1 Å². The van der Waals surface area contributed by atoms with Gasteiger partial charge in [0.15, 0.2) is 0 Å². The van der Waals surface area contributed by atoms with Gasteiger partial charge in [-0.2, -0.15) is 0 Å². The lowest BCUT2D eigenvalue weighted by atomic mass is 10.2. The van der Waals surface area contributed by atoms with Crippen LogP contribution in [0.3, 0.4) is 0 Å². The van der Waals surface area contributed by atoms with Gasteiger partial charge in [-0.25, -0.2) is 0 Å². The largest absolute Gasteiger partial charge is 0.380 e. The van der Waals surface area contributed by atoms with Crippen molar-refractivity contribution in [2.75, 3.05) is 13.7 Å². The van der Waals surface area contributed by atoms with Crippen molar-refractivity contribution in [3.63, 3.8) is 0 Å². The Hall–Kier alpha value is -1.18. The molecule has 0 aromatic rings. The average Bonchev–Trinajstić information content (AvgIpc) is 2.03. The summed E-state index contributed by atoms with van der Waals surface area (Å²) in [5.74, 6) is 0. The second kappa shape index (κ2) is 6.93. The maximum absolute atomic E-state index is 4.92. The summed E-state index contributed by atoms with van der Waals surface area (Å²) < 4.78 is 4.92. The SMILES string of the molecule is C=C=C=C=C=C(CC)COC. The minimum Gasteiger partial charge on any atom is -0.380 e. The maximum atomic E-state index is 4.92. The van der Waals surface area contributed by atoms with Crippen LogP contribution in [0.15, 0.2) is 35.1 Å². The van der Waals surface area contributed by atoms with Gasteiger partial charge in [0.2, 0.25) is 0 Å². The smallest absolute Gasteiger partial charge is 0.0753 e. The van der Waals surface area contributed by atoms with E-state index in [1.54, 1.807) is 7.11 Å². The summed E-state index contributed by atoms with van der Waals surface area (Å²) in [4.78, 5) is 0. The lowest BCUT2D eigenvalue weighted by Gasteiger charge is -1.95. The zero-order valence-electron chi connectivity index (χ0n) is 7.03. The molecule has 0 aliphatic rings. The van der Waals surface area contributed by atoms with E-state index in [9.17, 15) is 0 Å². The molecular formula is C10H12O. The van der Waals surface area contributed by atoms with Gasteiger partial charge in [-0.1, -0.05) is 18.4 Å². The van der Waals surface area contributed by atoms with Gasteiger partial charge in [0.1, 0.15) is 0 Å². The molecule has 0 heterocycles. The fraction of sp³-hybridized carbons (Fsp3) is 0.400. The summed E-state index contributed by atoms with van der Waals surface area (Å²) in [7, 11) is 1.66. The summed E-state index contributed by atoms with van der Waals surface area (Å²) in [5.41, 5.74) is 11.7. The molecule has 0 aromatic heterocycles. The van der Waals surface area contributed by atoms with Crippen LogP contribution in [0.1, 0.15) is 13.3 Å². The zero-order chi connectivity index (χ0) is 8.53. The number of methoxy groups -OCH3 is 1. The van der Waals surface area contributed by atoms with E-state index in [0.717, 1.165) is 12.0 Å². The van der Waals surface area contributed by atoms with Gasteiger partial charge in [0.25, 0.3) is 0 Å². The normalized spacial score (nSPS) is 7.09. The maximum Gasteiger partial charge on any atom is 0.0753 e. The third-order valence-electron chi connectivity index (χ3n) is 1.14. The molecule has 0 aliphatic heterocycles. The topological polar surface area (TPSA) is 9.23 Å². The molecule has 0 radical (unpaired) electrons. The Morgan fingerprint density at radius 1 is 1.45 bits per heavy atom. The third kappa shape index (κ3) is 5.27. The molecule has 0 N–H and O–H groups in total. The van der Waals surface area contributed by atoms with Gasteiger partial charge in [0.05, 0.1) is 6.61 Å². The van der Waals surface area contributed by atoms with Gasteiger partial charge >= 0.3 is 0 Å². The van der Waals surface area contributed by atoms with Crippen LogP contribution in [0, 0.1) is 0 Å². The fourth-order valence-corrected chi connectivity index (χ4v) is 0.565. The van der Waals surface area contributed by atoms with Gasteiger partial charge in [0, 0.05) is 12.7 Å². The van der Waals surface area contributed by atoms with E-state index >= 15 is 0 Å². The highest BCUT2D eigenvalue weighted by molar-refractivity contribution is 5.01. The van der Waals surface area contributed by atoms with E-state index < -0.39 is 0 Å². The Bertz CT molecular complexity index is 251. The Balaban J connectivity index is 4.59. The van der Waals surface area contributed by atoms with Crippen molar-refractivity contribution in [2.45, 2.75) is 13.3 Å². The molecular weight excluding hydrogens is 136 g/mol. The van der Waals surface area contributed by atoms with Crippen LogP contribution in [0.5, 0.6) is 0 Å². The number of ether oxygens (including phenoxy) is 1. The quantitative estimate of drug-likeness (QED) is 0.557. The number of hydrogen-bond acceptors (Lipinski definition) is 1. The van der Waals surface area contributed by atoms with Crippen molar-refractivity contribution in [2.24, 2.45) is 0 Å². The predicted molar refractivity (Wildman–Crippen MR) is 45.4 cm³/mol. The Labute approximate surface area is 67.7 Å². The molecule has 0 aliphatic carbocycles. The van der Waals surface area contributed by atoms with Crippen LogP contribution in [0.4, 0.5) is 0 Å². The first-order chi connectivity index (χ1) is 5.35. The molecule has 0 fully saturated rings. The molecule has 0 amide bonds. The lowest BCUT2D eigenvalue weighted by molar-refractivity contribution is 0.224. The Morgan fingerprint density at radius 3 is 2.64 bits per heavy atom. The molecule has 0 aromatic carbocycles. The molecule has 58 valence electrons. The van der Waals surface area contributed by atoms with E-state index in [0.29, 0.717) is 6.61 Å². The van der Waals surface area contributed by atoms with Crippen LogP contribution in [0.25, 0.3) is 0 Å². The summed E-state index contributed by atoms with van der Waals surface area (Å²) in [6.07, 6.45) is 0.916. The number of hydrogen-bond donors (Lipinski definition) is 0. The molecule has 0 bridgehead atoms. The Morgan fingerprint density at radius 2 is 2.18 bits per heavy atom. The van der Waals surface area contributed by atoms with Crippen molar-refractivity contribution < 1.29 is 4.74 Å². The van der Waals surface area contributed by atoms with Gasteiger partial charge in [-0.05, 0) is 24.5 Å². The second-order valence-electron chi connectivity index (χ2n) is 1.94. The molecule has 0 atom stereocenters. The van der Waals surface area contributed by atoms with Gasteiger partial charge in [-0.3, -0.25) is 0 Å². The summed E-state index contributed by atoms with van der Waals surface area (Å²) in [6, 6.07) is 0. The molecule has 0 unspecified atom stereocenters. The second-order valence-corrected chi connectivity index (χ2v) is 1.94. The van der Waals surface area contributed by atoms with Crippen LogP contribution < -0.4 is 0 Å². The molecule has 0 saturated carbocycles. The molecule has 0 saturated heterocycles. The van der Waals surface area contributed by atoms with E-state index in [1.165, 1.54) is 0 Å². The first kappa shape index (κ1) is 9.82. The number of rotatable bonds is 3. The van der Waals surface area contributed by atoms with Gasteiger partial charge in [-0.15, -0.1) is 0 Å². The minimum absolute atomic E-state index is 0.600. The summed E-state index contributed by atoms with van der Waals surface area (Å²) in [5, 5.41) is 0. The van der Waals surface area contributed by atoms with E-state index in [-0.39, 0.29) is 0 Å². The molecule has 0 spiro atoms. The summed E-state index contributed by atoms with van der Waals surface area (Å²) in [6.45, 7) is 5.99. The highest BCUT2D eigenvalue weighted by Crippen LogP contribution is 1.96. The highest BCUT2D eigenvalue weighted by Gasteiger charge is 1.87. The predicted octanol–water partition coefficient (Wildman–Crippen LogP) is 2.22. The zero-order valence-corrected chi connectivity index (χ0v) is 7.03. The summed E-state index contributed by atoms with van der Waals surface area (Å²) >= 11 is 0. The van der Waals surface area contributed by atoms with Crippen LogP contribution in [0.2, 0.25) is 0 Å². The highest BCUT2D eigenvalue weighted by atomic mass is 16.5. The first-order valence-electron chi connectivity index (χ1n) is 3.46. The van der Waals surface area contributed by atoms with E-state index in [4.69, 9.17) is 4.74 Å². The van der Waals surface area contributed by atoms with Crippen LogP contribution >= 0.6 is 0 Å². The van der Waals surface area contributed by atoms with Crippen molar-refractivity contribution in [1.82, 2.24) is 0 Å². The molecule has 1 nitrogen and oxygen atoms in total. The fourth-order valence-electron chi connectivity index (χ4n) is 0.565. The van der Waals surface area contributed by atoms with Gasteiger partial charge < -0.3 is 4.74 Å². The first-order valence-corrected chi connectivity index (χ1v) is 3.46. The van der Waals surface area contributed by atoms with Crippen molar-refractivity contribution in [3.8, 4) is 0 Å². The molecule has 11 heavy (non-hydrogen) atoms. The van der Waals surface area contributed by atoms with Crippen LogP contribution in [-0.2, 0) is 4.74 Å². The lowest BCUT2D eigenvalue weighted by Crippen LogP contribution is -1.90. The Kier molecular flexibility index (Phi) is 6.19. The average molecular weight is 148 g/mol. The van der Waals surface area contributed by atoms with E-state index in [2.05, 4.69) is 29.5 Å². The third-order valence-corrected chi connectivity index (χ3v) is 1.14. The molecule has 0 rings (SSSR count). The molecule has 1 heteroatoms. The van der Waals surface area contributed by atoms with E-state index in [1.807, 2.05) is 6.92 Å². The monoisotopic (exact) mass is 148 g/mol. The minimum atomic E-state index is 0.600. The van der Waals surface area contributed by atoms with Crippen molar-refractivity contribution >= 4 is 0 Å². The van der Waals surface area contributed by atoms with Crippen LogP contribution in [-0.4, -0.2) is 13.7 Å². The van der Waals surface area contributed by atoms with Crippen molar-refractivity contribution in [1.29, 1.82) is 0 Å². The standard InChI is InChI=1S/C10H12O/c1-4-6-7-8-10(5-2)9-11-3/h1,5,9H2,2-3H3.